The van der Waals surface area contributed by atoms with Gasteiger partial charge in [0.15, 0.2) is 5.03 Å². The smallest absolute Gasteiger partial charge is 0.262 e. The lowest BCUT2D eigenvalue weighted by Crippen LogP contribution is -2.54. The third kappa shape index (κ3) is 3.70. The van der Waals surface area contributed by atoms with Crippen LogP contribution in [0.4, 0.5) is 8.78 Å². The molecule has 1 N–H and O–H groups in total. The normalized spacial score (nSPS) is 19.8. The number of hydrogen-bond donors (Lipinski definition) is 1. The largest absolute Gasteiger partial charge is 0.348 e. The lowest BCUT2D eigenvalue weighted by Gasteiger charge is -2.43. The second-order valence-corrected chi connectivity index (χ2v) is 10.8. The molecule has 2 heterocycles. The summed E-state index contributed by atoms with van der Waals surface area (Å²) in [4.78, 5) is 16.9. The SMILES string of the molecule is Cn1cnc(S(=O)(=O)N2CCC3(CC2)c2ccccc2CC3NC(=O)c2ccc(F)cc2F)c1. The van der Waals surface area contributed by atoms with Crippen LogP contribution < -0.4 is 5.32 Å². The van der Waals surface area contributed by atoms with E-state index >= 15 is 0 Å². The fourth-order valence-electron chi connectivity index (χ4n) is 5.28. The molecular formula is C24H24F2N4O3S. The summed E-state index contributed by atoms with van der Waals surface area (Å²) in [7, 11) is -2.02. The van der Waals surface area contributed by atoms with E-state index < -0.39 is 33.0 Å². The van der Waals surface area contributed by atoms with E-state index in [4.69, 9.17) is 0 Å². The average molecular weight is 487 g/mol. The molecule has 178 valence electrons. The van der Waals surface area contributed by atoms with Crippen LogP contribution in [0.5, 0.6) is 0 Å². The van der Waals surface area contributed by atoms with Gasteiger partial charge < -0.3 is 9.88 Å². The molecule has 1 aliphatic carbocycles. The Morgan fingerprint density at radius 3 is 2.56 bits per heavy atom. The molecule has 7 nitrogen and oxygen atoms in total. The molecule has 1 aromatic heterocycles. The average Bonchev–Trinajstić information content (AvgIpc) is 3.37. The Hall–Kier alpha value is -3.11. The van der Waals surface area contributed by atoms with E-state index in [2.05, 4.69) is 10.3 Å². The first-order valence-electron chi connectivity index (χ1n) is 11.0. The molecule has 0 saturated carbocycles. The number of sulfonamides is 1. The number of carbonyl (C=O) groups is 1. The molecule has 1 unspecified atom stereocenters. The number of fused-ring (bicyclic) bond motifs is 2. The quantitative estimate of drug-likeness (QED) is 0.615. The number of amides is 1. The van der Waals surface area contributed by atoms with Gasteiger partial charge in [-0.3, -0.25) is 4.79 Å². The van der Waals surface area contributed by atoms with E-state index in [9.17, 15) is 22.0 Å². The van der Waals surface area contributed by atoms with Crippen LogP contribution in [0.25, 0.3) is 0 Å². The molecule has 0 bridgehead atoms. The van der Waals surface area contributed by atoms with Gasteiger partial charge in [0.05, 0.1) is 11.9 Å². The molecule has 34 heavy (non-hydrogen) atoms. The molecule has 2 aromatic carbocycles. The summed E-state index contributed by atoms with van der Waals surface area (Å²) in [6.45, 7) is 0.537. The van der Waals surface area contributed by atoms with Gasteiger partial charge in [-0.05, 0) is 42.5 Å². The first-order chi connectivity index (χ1) is 16.2. The Kier molecular flexibility index (Phi) is 5.52. The summed E-state index contributed by atoms with van der Waals surface area (Å²) in [6, 6.07) is 10.4. The van der Waals surface area contributed by atoms with Crippen molar-refractivity contribution in [3.8, 4) is 0 Å². The maximum atomic E-state index is 14.2. The number of benzene rings is 2. The summed E-state index contributed by atoms with van der Waals surface area (Å²) in [6.07, 6.45) is 4.47. The molecule has 0 radical (unpaired) electrons. The van der Waals surface area contributed by atoms with Crippen molar-refractivity contribution in [3.05, 3.63) is 83.3 Å². The Morgan fingerprint density at radius 1 is 1.15 bits per heavy atom. The Bertz CT molecular complexity index is 1360. The zero-order valence-electron chi connectivity index (χ0n) is 18.5. The predicted octanol–water partition coefficient (Wildman–Crippen LogP) is 2.78. The van der Waals surface area contributed by atoms with Gasteiger partial charge in [-0.25, -0.2) is 22.2 Å². The molecular weight excluding hydrogens is 462 g/mol. The number of imidazole rings is 1. The van der Waals surface area contributed by atoms with Crippen molar-refractivity contribution in [3.63, 3.8) is 0 Å². The highest BCUT2D eigenvalue weighted by Crippen LogP contribution is 2.47. The number of aryl methyl sites for hydroxylation is 1. The van der Waals surface area contributed by atoms with Crippen molar-refractivity contribution in [2.75, 3.05) is 13.1 Å². The standard InChI is InChI=1S/C24H24F2N4O3S/c1-29-14-22(27-15-29)34(32,33)30-10-8-24(9-11-30)19-5-3-2-4-16(19)12-21(24)28-23(31)18-7-6-17(25)13-20(18)26/h2-7,13-15,21H,8-12H2,1H3,(H,28,31). The van der Waals surface area contributed by atoms with Gasteiger partial charge in [0.2, 0.25) is 0 Å². The zero-order valence-corrected chi connectivity index (χ0v) is 19.4. The molecule has 3 aromatic rings. The molecule has 5 rings (SSSR count). The molecule has 1 saturated heterocycles. The minimum Gasteiger partial charge on any atom is -0.348 e. The first-order valence-corrected chi connectivity index (χ1v) is 12.5. The summed E-state index contributed by atoms with van der Waals surface area (Å²) in [5, 5.41) is 2.98. The number of rotatable bonds is 4. The van der Waals surface area contributed by atoms with E-state index in [1.807, 2.05) is 24.3 Å². The number of nitrogens with one attached hydrogen (secondary N) is 1. The second-order valence-electron chi connectivity index (χ2n) is 8.95. The van der Waals surface area contributed by atoms with Gasteiger partial charge in [0.1, 0.15) is 11.6 Å². The maximum Gasteiger partial charge on any atom is 0.262 e. The van der Waals surface area contributed by atoms with Gasteiger partial charge in [-0.1, -0.05) is 24.3 Å². The van der Waals surface area contributed by atoms with Crippen molar-refractivity contribution >= 4 is 15.9 Å². The topological polar surface area (TPSA) is 84.3 Å². The maximum absolute atomic E-state index is 14.2. The van der Waals surface area contributed by atoms with Gasteiger partial charge >= 0.3 is 0 Å². The van der Waals surface area contributed by atoms with Gasteiger partial charge in [-0.2, -0.15) is 4.31 Å². The number of aromatic nitrogens is 2. The van der Waals surface area contributed by atoms with Crippen LogP contribution >= 0.6 is 0 Å². The highest BCUT2D eigenvalue weighted by atomic mass is 32.2. The molecule has 1 spiro atoms. The summed E-state index contributed by atoms with van der Waals surface area (Å²) < 4.78 is 56.7. The lowest BCUT2D eigenvalue weighted by atomic mass is 9.71. The summed E-state index contributed by atoms with van der Waals surface area (Å²) in [5.74, 6) is -2.28. The Balaban J connectivity index is 1.42. The Labute approximate surface area is 196 Å². The van der Waals surface area contributed by atoms with Crippen molar-refractivity contribution in [2.45, 2.75) is 35.7 Å². The Morgan fingerprint density at radius 2 is 1.88 bits per heavy atom. The van der Waals surface area contributed by atoms with E-state index in [0.717, 1.165) is 23.3 Å². The molecule has 1 atom stereocenters. The fraction of sp³-hybridized carbons (Fsp3) is 0.333. The van der Waals surface area contributed by atoms with Gasteiger partial charge in [0, 0.05) is 43.9 Å². The van der Waals surface area contributed by atoms with Crippen LogP contribution in [0.15, 0.2) is 60.0 Å². The summed E-state index contributed by atoms with van der Waals surface area (Å²) in [5.41, 5.74) is 1.45. The number of piperidine rings is 1. The van der Waals surface area contributed by atoms with Crippen LogP contribution in [-0.4, -0.2) is 47.3 Å². The van der Waals surface area contributed by atoms with E-state index in [1.54, 1.807) is 11.6 Å². The van der Waals surface area contributed by atoms with Crippen molar-refractivity contribution < 1.29 is 22.0 Å². The van der Waals surface area contributed by atoms with Crippen LogP contribution in [0.2, 0.25) is 0 Å². The van der Waals surface area contributed by atoms with Gasteiger partial charge in [0.25, 0.3) is 15.9 Å². The third-order valence-electron chi connectivity index (χ3n) is 7.03. The van der Waals surface area contributed by atoms with Crippen LogP contribution in [-0.2, 0) is 28.9 Å². The number of halogens is 2. The third-order valence-corrected chi connectivity index (χ3v) is 8.81. The van der Waals surface area contributed by atoms with Crippen LogP contribution in [0.3, 0.4) is 0 Å². The van der Waals surface area contributed by atoms with Gasteiger partial charge in [-0.15, -0.1) is 0 Å². The highest BCUT2D eigenvalue weighted by Gasteiger charge is 2.50. The molecule has 10 heteroatoms. The highest BCUT2D eigenvalue weighted by molar-refractivity contribution is 7.89. The zero-order chi connectivity index (χ0) is 24.1. The lowest BCUT2D eigenvalue weighted by molar-refractivity contribution is 0.0892. The number of carbonyl (C=O) groups excluding carboxylic acids is 1. The monoisotopic (exact) mass is 486 g/mol. The van der Waals surface area contributed by atoms with Crippen LogP contribution in [0.1, 0.15) is 34.3 Å². The predicted molar refractivity (Wildman–Crippen MR) is 121 cm³/mol. The summed E-state index contributed by atoms with van der Waals surface area (Å²) >= 11 is 0. The minimum absolute atomic E-state index is 0.00871. The van der Waals surface area contributed by atoms with Crippen molar-refractivity contribution in [1.82, 2.24) is 19.2 Å². The van der Waals surface area contributed by atoms with E-state index in [-0.39, 0.29) is 29.7 Å². The first kappa shape index (κ1) is 22.7. The molecule has 1 aliphatic heterocycles. The van der Waals surface area contributed by atoms with Crippen LogP contribution in [0, 0.1) is 11.6 Å². The van der Waals surface area contributed by atoms with E-state index in [0.29, 0.717) is 25.3 Å². The van der Waals surface area contributed by atoms with Crippen molar-refractivity contribution in [1.29, 1.82) is 0 Å². The second kappa shape index (κ2) is 8.28. The fourth-order valence-corrected chi connectivity index (χ4v) is 6.69. The minimum atomic E-state index is -3.73. The molecule has 2 aliphatic rings. The number of nitrogens with zero attached hydrogens (tertiary/aromatic N) is 3. The molecule has 1 fully saturated rings. The number of hydrogen-bond acceptors (Lipinski definition) is 4. The van der Waals surface area contributed by atoms with Crippen molar-refractivity contribution in [2.24, 2.45) is 7.05 Å². The van der Waals surface area contributed by atoms with E-state index in [1.165, 1.54) is 16.8 Å². The molecule has 1 amide bonds.